The highest BCUT2D eigenvalue weighted by molar-refractivity contribution is 7.81. The average molecular weight is 363 g/mol. The highest BCUT2D eigenvalue weighted by Gasteiger charge is 2.39. The van der Waals surface area contributed by atoms with E-state index >= 15 is 0 Å². The van der Waals surface area contributed by atoms with Gasteiger partial charge >= 0.3 is 0 Å². The maximum Gasteiger partial charge on any atom is 0.273 e. The number of rotatable bonds is 9. The first-order chi connectivity index (χ1) is 11.0. The summed E-state index contributed by atoms with van der Waals surface area (Å²) in [5.74, 6) is -2.51. The van der Waals surface area contributed by atoms with Crippen LogP contribution in [0.4, 0.5) is 0 Å². The van der Waals surface area contributed by atoms with Gasteiger partial charge in [-0.1, -0.05) is 13.8 Å². The second-order valence-electron chi connectivity index (χ2n) is 6.58. The molecule has 4 N–H and O–H groups in total. The summed E-state index contributed by atoms with van der Waals surface area (Å²) in [6.07, 6.45) is -0.837. The molecule has 0 spiro atoms. The summed E-state index contributed by atoms with van der Waals surface area (Å²) in [5, 5.41) is 14.0. The van der Waals surface area contributed by atoms with Crippen molar-refractivity contribution in [1.82, 2.24) is 16.1 Å². The van der Waals surface area contributed by atoms with Gasteiger partial charge in [0.25, 0.3) is 5.91 Å². The molecule has 0 rings (SSSR count). The van der Waals surface area contributed by atoms with Gasteiger partial charge in [-0.2, -0.15) is 12.6 Å². The van der Waals surface area contributed by atoms with Crippen molar-refractivity contribution in [3.63, 3.8) is 0 Å². The summed E-state index contributed by atoms with van der Waals surface area (Å²) in [7, 11) is 2.74. The Morgan fingerprint density at radius 1 is 1.17 bits per heavy atom. The predicted octanol–water partition coefficient (Wildman–Crippen LogP) is 0.108. The van der Waals surface area contributed by atoms with E-state index in [9.17, 15) is 14.4 Å². The van der Waals surface area contributed by atoms with Crippen LogP contribution in [0, 0.1) is 11.8 Å². The minimum atomic E-state index is -1.18. The number of amides is 3. The lowest BCUT2D eigenvalue weighted by Gasteiger charge is -2.32. The van der Waals surface area contributed by atoms with Crippen molar-refractivity contribution in [3.8, 4) is 0 Å². The maximum absolute atomic E-state index is 12.7. The number of nitrogens with one attached hydrogen (secondary N) is 3. The van der Waals surface area contributed by atoms with E-state index < -0.39 is 40.5 Å². The molecule has 0 radical (unpaired) electrons. The van der Waals surface area contributed by atoms with E-state index in [-0.39, 0.29) is 5.92 Å². The van der Waals surface area contributed by atoms with Crippen LogP contribution < -0.4 is 16.1 Å². The van der Waals surface area contributed by atoms with Crippen LogP contribution in [0.2, 0.25) is 0 Å². The Morgan fingerprint density at radius 2 is 1.71 bits per heavy atom. The number of methoxy groups -OCH3 is 1. The van der Waals surface area contributed by atoms with Gasteiger partial charge in [0.05, 0.1) is 5.92 Å². The molecule has 8 nitrogen and oxygen atoms in total. The molecule has 140 valence electrons. The Labute approximate surface area is 148 Å². The Bertz CT molecular complexity index is 451. The van der Waals surface area contributed by atoms with Gasteiger partial charge in [0.1, 0.15) is 12.1 Å². The van der Waals surface area contributed by atoms with E-state index in [0.29, 0.717) is 6.42 Å². The molecule has 0 bridgehead atoms. The van der Waals surface area contributed by atoms with Crippen molar-refractivity contribution in [3.05, 3.63) is 0 Å². The van der Waals surface area contributed by atoms with E-state index in [2.05, 4.69) is 23.3 Å². The SMILES string of the molecule is CNC(=O)C(NC(=O)C(CC(C)C)C(OC)C(=O)NO)C(C)(C)S. The van der Waals surface area contributed by atoms with E-state index in [4.69, 9.17) is 9.94 Å². The Hall–Kier alpha value is -1.32. The number of carbonyl (C=O) groups is 3. The third-order valence-electron chi connectivity index (χ3n) is 3.55. The first-order valence-electron chi connectivity index (χ1n) is 7.70. The molecule has 3 unspecified atom stereocenters. The third kappa shape index (κ3) is 6.66. The van der Waals surface area contributed by atoms with Crippen molar-refractivity contribution in [2.75, 3.05) is 14.2 Å². The minimum absolute atomic E-state index is 0.0901. The number of carbonyl (C=O) groups excluding carboxylic acids is 3. The minimum Gasteiger partial charge on any atom is -0.371 e. The van der Waals surface area contributed by atoms with Crippen LogP contribution in [0.5, 0.6) is 0 Å². The van der Waals surface area contributed by atoms with Gasteiger partial charge in [-0.05, 0) is 26.2 Å². The summed E-state index contributed by atoms with van der Waals surface area (Å²) in [5.41, 5.74) is 1.50. The van der Waals surface area contributed by atoms with E-state index in [0.717, 1.165) is 0 Å². The van der Waals surface area contributed by atoms with Gasteiger partial charge < -0.3 is 15.4 Å². The largest absolute Gasteiger partial charge is 0.371 e. The number of hydroxylamine groups is 1. The molecule has 3 atom stereocenters. The van der Waals surface area contributed by atoms with Gasteiger partial charge in [-0.3, -0.25) is 19.6 Å². The van der Waals surface area contributed by atoms with Crippen LogP contribution in [-0.2, 0) is 19.1 Å². The molecule has 0 aliphatic carbocycles. The highest BCUT2D eigenvalue weighted by Crippen LogP contribution is 2.22. The second-order valence-corrected chi connectivity index (χ2v) is 7.73. The van der Waals surface area contributed by atoms with Gasteiger partial charge in [0, 0.05) is 18.9 Å². The fourth-order valence-corrected chi connectivity index (χ4v) is 2.53. The molecule has 0 heterocycles. The lowest BCUT2D eigenvalue weighted by atomic mass is 9.89. The zero-order chi connectivity index (χ0) is 19.1. The van der Waals surface area contributed by atoms with Crippen LogP contribution in [0.3, 0.4) is 0 Å². The van der Waals surface area contributed by atoms with Crippen molar-refractivity contribution in [2.24, 2.45) is 11.8 Å². The molecule has 0 aromatic rings. The van der Waals surface area contributed by atoms with Crippen LogP contribution in [0.15, 0.2) is 0 Å². The normalized spacial score (nSPS) is 15.4. The fourth-order valence-electron chi connectivity index (χ4n) is 2.35. The zero-order valence-corrected chi connectivity index (χ0v) is 15.9. The average Bonchev–Trinajstić information content (AvgIpc) is 2.49. The topological polar surface area (TPSA) is 117 Å². The monoisotopic (exact) mass is 363 g/mol. The molecule has 24 heavy (non-hydrogen) atoms. The number of likely N-dealkylation sites (N-methyl/N-ethyl adjacent to an activating group) is 1. The van der Waals surface area contributed by atoms with Crippen molar-refractivity contribution < 1.29 is 24.3 Å². The molecule has 9 heteroatoms. The highest BCUT2D eigenvalue weighted by atomic mass is 32.1. The van der Waals surface area contributed by atoms with Crippen LogP contribution >= 0.6 is 12.6 Å². The molecular weight excluding hydrogens is 334 g/mol. The Balaban J connectivity index is 5.50. The molecule has 3 amide bonds. The molecule has 0 aromatic heterocycles. The number of thiol groups is 1. The second kappa shape index (κ2) is 9.85. The van der Waals surface area contributed by atoms with Gasteiger partial charge in [-0.15, -0.1) is 0 Å². The quantitative estimate of drug-likeness (QED) is 0.226. The van der Waals surface area contributed by atoms with Crippen LogP contribution in [0.25, 0.3) is 0 Å². The number of hydrogen-bond donors (Lipinski definition) is 5. The molecule has 0 aliphatic rings. The predicted molar refractivity (Wildman–Crippen MR) is 92.7 cm³/mol. The van der Waals surface area contributed by atoms with Gasteiger partial charge in [0.2, 0.25) is 11.8 Å². The summed E-state index contributed by atoms with van der Waals surface area (Å²) >= 11 is 4.36. The molecular formula is C15H29N3O5S. The van der Waals surface area contributed by atoms with Crippen LogP contribution in [-0.4, -0.2) is 54.0 Å². The van der Waals surface area contributed by atoms with Gasteiger partial charge in [0.15, 0.2) is 0 Å². The maximum atomic E-state index is 12.7. The first-order valence-corrected chi connectivity index (χ1v) is 8.15. The first kappa shape index (κ1) is 22.7. The summed E-state index contributed by atoms with van der Waals surface area (Å²) in [6, 6.07) is -0.900. The van der Waals surface area contributed by atoms with Gasteiger partial charge in [-0.25, -0.2) is 5.48 Å². The lowest BCUT2D eigenvalue weighted by molar-refractivity contribution is -0.149. The molecule has 0 saturated carbocycles. The summed E-state index contributed by atoms with van der Waals surface area (Å²) in [6.45, 7) is 7.18. The van der Waals surface area contributed by atoms with Crippen molar-refractivity contribution in [1.29, 1.82) is 0 Å². The summed E-state index contributed by atoms with van der Waals surface area (Å²) in [4.78, 5) is 36.5. The Morgan fingerprint density at radius 3 is 2.04 bits per heavy atom. The van der Waals surface area contributed by atoms with Crippen molar-refractivity contribution >= 4 is 30.4 Å². The molecule has 0 saturated heterocycles. The van der Waals surface area contributed by atoms with E-state index in [1.807, 2.05) is 13.8 Å². The van der Waals surface area contributed by atoms with Crippen molar-refractivity contribution in [2.45, 2.75) is 51.0 Å². The summed E-state index contributed by atoms with van der Waals surface area (Å²) < 4.78 is 4.27. The molecule has 0 aromatic carbocycles. The van der Waals surface area contributed by atoms with E-state index in [1.54, 1.807) is 13.8 Å². The number of hydrogen-bond acceptors (Lipinski definition) is 6. The third-order valence-corrected chi connectivity index (χ3v) is 3.81. The van der Waals surface area contributed by atoms with Crippen LogP contribution in [0.1, 0.15) is 34.1 Å². The molecule has 0 aliphatic heterocycles. The number of ether oxygens (including phenoxy) is 1. The molecule has 0 fully saturated rings. The Kier molecular flexibility index (Phi) is 9.31. The zero-order valence-electron chi connectivity index (χ0n) is 15.0. The smallest absolute Gasteiger partial charge is 0.273 e. The standard InChI is InChI=1S/C15H29N3O5S/c1-8(2)7-9(10(23-6)13(20)18-22)12(19)17-11(14(21)16-5)15(3,4)24/h8-11,22,24H,7H2,1-6H3,(H,16,21)(H,17,19)(H,18,20). The fraction of sp³-hybridized carbons (Fsp3) is 0.800. The lowest BCUT2D eigenvalue weighted by Crippen LogP contribution is -2.58. The van der Waals surface area contributed by atoms with E-state index in [1.165, 1.54) is 19.6 Å².